The smallest absolute Gasteiger partial charge is 0.129 e. The lowest BCUT2D eigenvalue weighted by Gasteiger charge is -2.11. The third-order valence-corrected chi connectivity index (χ3v) is 2.99. The van der Waals surface area contributed by atoms with Crippen molar-refractivity contribution in [2.45, 2.75) is 39.5 Å². The van der Waals surface area contributed by atoms with Crippen LogP contribution in [0.3, 0.4) is 0 Å². The maximum absolute atomic E-state index is 13.3. The van der Waals surface area contributed by atoms with Crippen molar-refractivity contribution in [2.75, 3.05) is 0 Å². The lowest BCUT2D eigenvalue weighted by molar-refractivity contribution is 0.450. The zero-order valence-electron chi connectivity index (χ0n) is 9.39. The number of hydrogen-bond acceptors (Lipinski definition) is 0. The van der Waals surface area contributed by atoms with Crippen LogP contribution in [0.25, 0.3) is 0 Å². The monoisotopic (exact) mass is 212 g/mol. The fourth-order valence-electron chi connectivity index (χ4n) is 1.78. The van der Waals surface area contributed by atoms with Crippen LogP contribution < -0.4 is 0 Å². The van der Waals surface area contributed by atoms with Gasteiger partial charge in [0, 0.05) is 6.07 Å². The highest BCUT2D eigenvalue weighted by atomic mass is 19.1. The molecule has 0 nitrogen and oxygen atoms in total. The van der Waals surface area contributed by atoms with Crippen LogP contribution in [0.4, 0.5) is 8.78 Å². The summed E-state index contributed by atoms with van der Waals surface area (Å²) in [4.78, 5) is 0. The molecule has 0 heterocycles. The molecule has 0 bridgehead atoms. The van der Waals surface area contributed by atoms with Gasteiger partial charge in [-0.3, -0.25) is 0 Å². The van der Waals surface area contributed by atoms with E-state index in [1.165, 1.54) is 6.07 Å². The zero-order valence-corrected chi connectivity index (χ0v) is 9.39. The van der Waals surface area contributed by atoms with Crippen LogP contribution in [0.5, 0.6) is 0 Å². The summed E-state index contributed by atoms with van der Waals surface area (Å²) in [6.07, 6.45) is 3.94. The van der Waals surface area contributed by atoms with Crippen LogP contribution in [0.2, 0.25) is 0 Å². The lowest BCUT2D eigenvalue weighted by Crippen LogP contribution is -2.01. The maximum atomic E-state index is 13.3. The molecule has 1 rings (SSSR count). The van der Waals surface area contributed by atoms with Gasteiger partial charge in [-0.1, -0.05) is 32.8 Å². The number of rotatable bonds is 5. The summed E-state index contributed by atoms with van der Waals surface area (Å²) in [5.74, 6) is -0.269. The molecule has 0 fully saturated rings. The van der Waals surface area contributed by atoms with E-state index >= 15 is 0 Å². The van der Waals surface area contributed by atoms with Crippen molar-refractivity contribution < 1.29 is 8.78 Å². The molecule has 0 saturated heterocycles. The molecule has 0 amide bonds. The highest BCUT2D eigenvalue weighted by molar-refractivity contribution is 5.18. The first-order valence-electron chi connectivity index (χ1n) is 5.61. The first-order chi connectivity index (χ1) is 7.17. The predicted molar refractivity (Wildman–Crippen MR) is 58.8 cm³/mol. The summed E-state index contributed by atoms with van der Waals surface area (Å²) in [5, 5.41) is 0. The Bertz CT molecular complexity index is 303. The molecule has 0 saturated carbocycles. The van der Waals surface area contributed by atoms with Gasteiger partial charge in [0.15, 0.2) is 0 Å². The molecule has 0 atom stereocenters. The summed E-state index contributed by atoms with van der Waals surface area (Å²) in [6.45, 7) is 4.30. The quantitative estimate of drug-likeness (QED) is 0.681. The van der Waals surface area contributed by atoms with E-state index in [0.29, 0.717) is 17.9 Å². The average molecular weight is 212 g/mol. The largest absolute Gasteiger partial charge is 0.207 e. The standard InChI is InChI=1S/C13H18F2/c1-3-10(4-2)5-6-11-7-8-12(14)9-13(11)15/h7-10H,3-6H2,1-2H3. The molecule has 0 N–H and O–H groups in total. The molecule has 0 aliphatic heterocycles. The normalized spacial score (nSPS) is 11.0. The fourth-order valence-corrected chi connectivity index (χ4v) is 1.78. The second-order valence-corrected chi connectivity index (χ2v) is 3.96. The van der Waals surface area contributed by atoms with Crippen LogP contribution in [-0.4, -0.2) is 0 Å². The minimum Gasteiger partial charge on any atom is -0.207 e. The lowest BCUT2D eigenvalue weighted by atomic mass is 9.95. The number of benzene rings is 1. The second-order valence-electron chi connectivity index (χ2n) is 3.96. The zero-order chi connectivity index (χ0) is 11.3. The number of hydrogen-bond donors (Lipinski definition) is 0. The number of aryl methyl sites for hydroxylation is 1. The Hall–Kier alpha value is -0.920. The Balaban J connectivity index is 2.57. The first kappa shape index (κ1) is 12.2. The van der Waals surface area contributed by atoms with Crippen molar-refractivity contribution in [2.24, 2.45) is 5.92 Å². The van der Waals surface area contributed by atoms with Crippen LogP contribution in [0, 0.1) is 17.6 Å². The third kappa shape index (κ3) is 3.61. The molecule has 0 aliphatic carbocycles. The van der Waals surface area contributed by atoms with Crippen molar-refractivity contribution in [1.29, 1.82) is 0 Å². The van der Waals surface area contributed by atoms with E-state index in [0.717, 1.165) is 25.3 Å². The van der Waals surface area contributed by atoms with Gasteiger partial charge in [0.2, 0.25) is 0 Å². The highest BCUT2D eigenvalue weighted by Gasteiger charge is 2.07. The van der Waals surface area contributed by atoms with Gasteiger partial charge < -0.3 is 0 Å². The molecule has 0 unspecified atom stereocenters. The van der Waals surface area contributed by atoms with Gasteiger partial charge in [0.25, 0.3) is 0 Å². The van der Waals surface area contributed by atoms with Crippen LogP contribution in [-0.2, 0) is 6.42 Å². The Labute approximate surface area is 90.3 Å². The minimum absolute atomic E-state index is 0.416. The Morgan fingerprint density at radius 3 is 2.33 bits per heavy atom. The predicted octanol–water partition coefficient (Wildman–Crippen LogP) is 4.33. The van der Waals surface area contributed by atoms with Crippen LogP contribution >= 0.6 is 0 Å². The molecular formula is C13H18F2. The average Bonchev–Trinajstić information content (AvgIpc) is 2.22. The van der Waals surface area contributed by atoms with Gasteiger partial charge >= 0.3 is 0 Å². The summed E-state index contributed by atoms with van der Waals surface area (Å²) in [6, 6.07) is 3.83. The summed E-state index contributed by atoms with van der Waals surface area (Å²) in [7, 11) is 0. The van der Waals surface area contributed by atoms with E-state index in [4.69, 9.17) is 0 Å². The van der Waals surface area contributed by atoms with Gasteiger partial charge in [0.05, 0.1) is 0 Å². The maximum Gasteiger partial charge on any atom is 0.129 e. The van der Waals surface area contributed by atoms with Crippen LogP contribution in [0.15, 0.2) is 18.2 Å². The molecule has 0 aliphatic rings. The van der Waals surface area contributed by atoms with Gasteiger partial charge in [0.1, 0.15) is 11.6 Å². The molecule has 1 aromatic rings. The van der Waals surface area contributed by atoms with Crippen molar-refractivity contribution in [1.82, 2.24) is 0 Å². The molecule has 0 radical (unpaired) electrons. The highest BCUT2D eigenvalue weighted by Crippen LogP contribution is 2.18. The third-order valence-electron chi connectivity index (χ3n) is 2.99. The van der Waals surface area contributed by atoms with Crippen molar-refractivity contribution in [3.8, 4) is 0 Å². The van der Waals surface area contributed by atoms with E-state index in [2.05, 4.69) is 13.8 Å². The van der Waals surface area contributed by atoms with Crippen molar-refractivity contribution >= 4 is 0 Å². The van der Waals surface area contributed by atoms with Crippen molar-refractivity contribution in [3.05, 3.63) is 35.4 Å². The molecule has 0 spiro atoms. The fraction of sp³-hybridized carbons (Fsp3) is 0.538. The van der Waals surface area contributed by atoms with Gasteiger partial charge in [-0.15, -0.1) is 0 Å². The molecule has 15 heavy (non-hydrogen) atoms. The van der Waals surface area contributed by atoms with Gasteiger partial charge in [-0.2, -0.15) is 0 Å². The SMILES string of the molecule is CCC(CC)CCc1ccc(F)cc1F. The Morgan fingerprint density at radius 2 is 1.80 bits per heavy atom. The Morgan fingerprint density at radius 1 is 1.13 bits per heavy atom. The van der Waals surface area contributed by atoms with Crippen molar-refractivity contribution in [3.63, 3.8) is 0 Å². The first-order valence-corrected chi connectivity index (χ1v) is 5.61. The van der Waals surface area contributed by atoms with E-state index in [1.54, 1.807) is 6.07 Å². The van der Waals surface area contributed by atoms with E-state index in [1.807, 2.05) is 0 Å². The van der Waals surface area contributed by atoms with E-state index in [-0.39, 0.29) is 0 Å². The van der Waals surface area contributed by atoms with Crippen LogP contribution in [0.1, 0.15) is 38.7 Å². The molecule has 1 aromatic carbocycles. The van der Waals surface area contributed by atoms with E-state index < -0.39 is 11.6 Å². The molecular weight excluding hydrogens is 194 g/mol. The summed E-state index contributed by atoms with van der Waals surface area (Å²) < 4.78 is 25.9. The number of halogens is 2. The molecule has 2 heteroatoms. The second kappa shape index (κ2) is 5.84. The molecule has 84 valence electrons. The van der Waals surface area contributed by atoms with E-state index in [9.17, 15) is 8.78 Å². The molecule has 0 aromatic heterocycles. The topological polar surface area (TPSA) is 0 Å². The minimum atomic E-state index is -0.501. The van der Waals surface area contributed by atoms with Gasteiger partial charge in [-0.05, 0) is 30.4 Å². The Kier molecular flexibility index (Phi) is 4.73. The summed E-state index contributed by atoms with van der Waals surface area (Å²) >= 11 is 0. The van der Waals surface area contributed by atoms with Gasteiger partial charge in [-0.25, -0.2) is 8.78 Å². The summed E-state index contributed by atoms with van der Waals surface area (Å²) in [5.41, 5.74) is 0.628.